The summed E-state index contributed by atoms with van der Waals surface area (Å²) >= 11 is 12.7. The third kappa shape index (κ3) is 4.73. The highest BCUT2D eigenvalue weighted by Crippen LogP contribution is 2.31. The van der Waals surface area contributed by atoms with Crippen LogP contribution in [0, 0.1) is 0 Å². The molecule has 1 aromatic heterocycles. The fourth-order valence-electron chi connectivity index (χ4n) is 2.69. The first-order valence-electron chi connectivity index (χ1n) is 8.51. The van der Waals surface area contributed by atoms with Crippen LogP contribution in [0.25, 0.3) is 22.8 Å². The highest BCUT2D eigenvalue weighted by molar-refractivity contribution is 6.33. The topological polar surface area (TPSA) is 73.9 Å². The third-order valence-corrected chi connectivity index (χ3v) is 4.85. The molecule has 2 N–H and O–H groups in total. The fourth-order valence-corrected chi connectivity index (χ4v) is 3.23. The Kier molecular flexibility index (Phi) is 7.61. The molecule has 0 unspecified atom stereocenters. The normalized spacial score (nSPS) is 10.7. The zero-order valence-electron chi connectivity index (χ0n) is 15.7. The van der Waals surface area contributed by atoms with Gasteiger partial charge >= 0.3 is 6.01 Å². The van der Waals surface area contributed by atoms with Crippen LogP contribution in [0.3, 0.4) is 0 Å². The van der Waals surface area contributed by atoms with Crippen molar-refractivity contribution in [2.45, 2.75) is 26.3 Å². The Hall–Kier alpha value is -1.92. The van der Waals surface area contributed by atoms with Gasteiger partial charge in [0.1, 0.15) is 0 Å². The van der Waals surface area contributed by atoms with Crippen LogP contribution in [0.4, 0.5) is 0 Å². The first kappa shape index (κ1) is 22.4. The van der Waals surface area contributed by atoms with Crippen molar-refractivity contribution < 1.29 is 4.74 Å². The molecule has 148 valence electrons. The molecule has 5 nitrogen and oxygen atoms in total. The monoisotopic (exact) mass is 438 g/mol. The van der Waals surface area contributed by atoms with Gasteiger partial charge in [-0.25, -0.2) is 4.98 Å². The molecule has 3 rings (SSSR count). The Morgan fingerprint density at radius 3 is 2.29 bits per heavy atom. The minimum atomic E-state index is 0. The molecule has 0 aliphatic heterocycles. The smallest absolute Gasteiger partial charge is 0.320 e. The minimum absolute atomic E-state index is 0. The molecule has 8 heteroatoms. The van der Waals surface area contributed by atoms with Crippen LogP contribution in [0.5, 0.6) is 6.01 Å². The third-order valence-electron chi connectivity index (χ3n) is 4.18. The number of methoxy groups -OCH3 is 1. The van der Waals surface area contributed by atoms with Crippen molar-refractivity contribution in [1.29, 1.82) is 0 Å². The van der Waals surface area contributed by atoms with Crippen molar-refractivity contribution in [2.75, 3.05) is 7.11 Å². The van der Waals surface area contributed by atoms with Gasteiger partial charge in [0.15, 0.2) is 11.6 Å². The molecule has 0 bridgehead atoms. The lowest BCUT2D eigenvalue weighted by molar-refractivity contribution is 0.379. The van der Waals surface area contributed by atoms with E-state index in [4.69, 9.17) is 33.7 Å². The van der Waals surface area contributed by atoms with Gasteiger partial charge in [-0.3, -0.25) is 0 Å². The van der Waals surface area contributed by atoms with E-state index in [0.29, 0.717) is 33.8 Å². The summed E-state index contributed by atoms with van der Waals surface area (Å²) in [6.45, 7) is 4.57. The van der Waals surface area contributed by atoms with Gasteiger partial charge in [-0.15, -0.1) is 12.4 Å². The second-order valence-electron chi connectivity index (χ2n) is 6.38. The molecule has 0 radical (unpaired) electrons. The summed E-state index contributed by atoms with van der Waals surface area (Å²) < 4.78 is 5.28. The largest absolute Gasteiger partial charge is 0.467 e. The van der Waals surface area contributed by atoms with E-state index >= 15 is 0 Å². The molecule has 0 aliphatic carbocycles. The fraction of sp³-hybridized carbons (Fsp3) is 0.250. The number of ether oxygens (including phenoxy) is 1. The van der Waals surface area contributed by atoms with Gasteiger partial charge in [0, 0.05) is 22.7 Å². The Bertz CT molecular complexity index is 980. The zero-order chi connectivity index (χ0) is 19.6. The predicted octanol–water partition coefficient (Wildman–Crippen LogP) is 5.52. The summed E-state index contributed by atoms with van der Waals surface area (Å²) in [5.74, 6) is 1.19. The Labute approximate surface area is 180 Å². The lowest BCUT2D eigenvalue weighted by Gasteiger charge is -2.12. The SMILES string of the molecule is COc1nc(-c2ccc(Cl)c(C(C)C)c2)nc(-c2cc(CN)ccc2Cl)n1.Cl. The average molecular weight is 440 g/mol. The molecular formula is C20H21Cl3N4O. The molecule has 0 fully saturated rings. The summed E-state index contributed by atoms with van der Waals surface area (Å²) in [6, 6.07) is 11.5. The molecule has 0 amide bonds. The first-order valence-corrected chi connectivity index (χ1v) is 9.27. The highest BCUT2D eigenvalue weighted by Gasteiger charge is 2.15. The molecule has 0 aliphatic rings. The number of rotatable bonds is 5. The predicted molar refractivity (Wildman–Crippen MR) is 116 cm³/mol. The van der Waals surface area contributed by atoms with Crippen LogP contribution < -0.4 is 10.5 Å². The van der Waals surface area contributed by atoms with Crippen LogP contribution in [0.1, 0.15) is 30.9 Å². The maximum atomic E-state index is 6.37. The van der Waals surface area contributed by atoms with Crippen molar-refractivity contribution >= 4 is 35.6 Å². The quantitative estimate of drug-likeness (QED) is 0.566. The lowest BCUT2D eigenvalue weighted by Crippen LogP contribution is -2.02. The Morgan fingerprint density at radius 1 is 0.964 bits per heavy atom. The van der Waals surface area contributed by atoms with Crippen molar-refractivity contribution in [3.63, 3.8) is 0 Å². The number of nitrogens with two attached hydrogens (primary N) is 1. The van der Waals surface area contributed by atoms with E-state index in [2.05, 4.69) is 28.8 Å². The second-order valence-corrected chi connectivity index (χ2v) is 7.19. The number of benzene rings is 2. The van der Waals surface area contributed by atoms with E-state index in [1.54, 1.807) is 6.07 Å². The number of nitrogens with zero attached hydrogens (tertiary/aromatic N) is 3. The van der Waals surface area contributed by atoms with Gasteiger partial charge < -0.3 is 10.5 Å². The van der Waals surface area contributed by atoms with Crippen LogP contribution in [-0.2, 0) is 6.54 Å². The van der Waals surface area contributed by atoms with Gasteiger partial charge in [0.05, 0.1) is 12.1 Å². The van der Waals surface area contributed by atoms with E-state index in [0.717, 1.165) is 16.7 Å². The van der Waals surface area contributed by atoms with E-state index in [9.17, 15) is 0 Å². The summed E-state index contributed by atoms with van der Waals surface area (Å²) in [4.78, 5) is 13.4. The molecule has 0 saturated carbocycles. The highest BCUT2D eigenvalue weighted by atomic mass is 35.5. The standard InChI is InChI=1S/C20H20Cl2N4O.ClH/c1-11(2)14-9-13(5-7-16(14)21)18-24-19(26-20(25-18)27-3)15-8-12(10-23)4-6-17(15)22;/h4-9,11H,10,23H2,1-3H3;1H. The molecule has 2 aromatic carbocycles. The number of hydrogen-bond donors (Lipinski definition) is 1. The molecule has 0 atom stereocenters. The summed E-state index contributed by atoms with van der Waals surface area (Å²) in [7, 11) is 1.52. The van der Waals surface area contributed by atoms with Crippen molar-refractivity contribution in [3.05, 3.63) is 57.6 Å². The minimum Gasteiger partial charge on any atom is -0.467 e. The molecule has 0 spiro atoms. The van der Waals surface area contributed by atoms with E-state index in [1.165, 1.54) is 7.11 Å². The number of hydrogen-bond acceptors (Lipinski definition) is 5. The molecule has 0 saturated heterocycles. The zero-order valence-corrected chi connectivity index (χ0v) is 18.1. The van der Waals surface area contributed by atoms with E-state index in [1.807, 2.05) is 30.3 Å². The summed E-state index contributed by atoms with van der Waals surface area (Å²) in [5.41, 5.74) is 9.22. The molecule has 1 heterocycles. The van der Waals surface area contributed by atoms with Gasteiger partial charge in [-0.1, -0.05) is 43.1 Å². The summed E-state index contributed by atoms with van der Waals surface area (Å²) in [5, 5.41) is 1.25. The Morgan fingerprint density at radius 2 is 1.64 bits per heavy atom. The van der Waals surface area contributed by atoms with Gasteiger partial charge in [0.2, 0.25) is 0 Å². The van der Waals surface area contributed by atoms with E-state index < -0.39 is 0 Å². The maximum absolute atomic E-state index is 6.37. The first-order chi connectivity index (χ1) is 12.9. The van der Waals surface area contributed by atoms with Gasteiger partial charge in [-0.2, -0.15) is 9.97 Å². The van der Waals surface area contributed by atoms with Gasteiger partial charge in [-0.05, 0) is 47.4 Å². The summed E-state index contributed by atoms with van der Waals surface area (Å²) in [6.07, 6.45) is 0. The van der Waals surface area contributed by atoms with Crippen LogP contribution in [-0.4, -0.2) is 22.1 Å². The molecule has 3 aromatic rings. The maximum Gasteiger partial charge on any atom is 0.320 e. The number of halogens is 3. The molecular weight excluding hydrogens is 419 g/mol. The van der Waals surface area contributed by atoms with Crippen LogP contribution in [0.2, 0.25) is 10.0 Å². The molecule has 28 heavy (non-hydrogen) atoms. The van der Waals surface area contributed by atoms with Crippen molar-refractivity contribution in [2.24, 2.45) is 5.73 Å². The van der Waals surface area contributed by atoms with Crippen molar-refractivity contribution in [1.82, 2.24) is 15.0 Å². The average Bonchev–Trinajstić information content (AvgIpc) is 2.68. The van der Waals surface area contributed by atoms with E-state index in [-0.39, 0.29) is 24.3 Å². The Balaban J connectivity index is 0.00000280. The van der Waals surface area contributed by atoms with Crippen LogP contribution >= 0.6 is 35.6 Å². The van der Waals surface area contributed by atoms with Crippen LogP contribution in [0.15, 0.2) is 36.4 Å². The second kappa shape index (κ2) is 9.52. The van der Waals surface area contributed by atoms with Gasteiger partial charge in [0.25, 0.3) is 0 Å². The lowest BCUT2D eigenvalue weighted by atomic mass is 10.0. The van der Waals surface area contributed by atoms with Crippen molar-refractivity contribution in [3.8, 4) is 28.8 Å². The number of aromatic nitrogens is 3.